The summed E-state index contributed by atoms with van der Waals surface area (Å²) in [6.45, 7) is 0. The lowest BCUT2D eigenvalue weighted by Gasteiger charge is -2.12. The number of nitrogens with zero attached hydrogens (tertiary/aromatic N) is 4. The normalized spacial score (nSPS) is 14.8. The first kappa shape index (κ1) is 16.8. The Morgan fingerprint density at radius 1 is 0.523 bits per heavy atom. The van der Waals surface area contributed by atoms with E-state index < -0.39 is 36.3 Å². The quantitative estimate of drug-likeness (QED) is 0.205. The summed E-state index contributed by atoms with van der Waals surface area (Å²) in [5.41, 5.74) is 3.34. The molecule has 0 amide bonds. The summed E-state index contributed by atoms with van der Waals surface area (Å²) >= 11 is 1.00. The lowest BCUT2D eigenvalue weighted by atomic mass is 10.0. The van der Waals surface area contributed by atoms with Crippen LogP contribution in [0.4, 0.5) is 0 Å². The van der Waals surface area contributed by atoms with Crippen LogP contribution < -0.4 is 0 Å². The van der Waals surface area contributed by atoms with Crippen molar-refractivity contribution < 1.29 is 13.7 Å². The van der Waals surface area contributed by atoms with Crippen LogP contribution in [-0.2, 0) is 0 Å². The fourth-order valence-corrected chi connectivity index (χ4v) is 6.65. The second kappa shape index (κ2) is 9.97. The third kappa shape index (κ3) is 3.94. The molecule has 9 rings (SSSR count). The molecule has 4 nitrogen and oxygen atoms in total. The standard InChI is InChI=1S/C39H24N4S/c1-3-12-25(13-4-1)27-16-11-17-28(24-27)38-40-37(26-14-5-2-6-15-26)41-39(42-38)43-33-20-9-7-18-29(33)31-22-23-32-30-19-8-10-21-34(30)44-36(32)35(31)43/h1-24H/i7D,8D,9D,10D,18D,19D,20D,21D,22D,23D. The molecule has 0 aliphatic heterocycles. The number of rotatable bonds is 4. The minimum atomic E-state index is -0.521. The smallest absolute Gasteiger partial charge is 0.238 e. The highest BCUT2D eigenvalue weighted by Crippen LogP contribution is 2.42. The van der Waals surface area contributed by atoms with Crippen LogP contribution in [0.15, 0.2) is 145 Å². The third-order valence-electron chi connectivity index (χ3n) is 7.55. The molecule has 9 aromatic rings. The predicted molar refractivity (Wildman–Crippen MR) is 183 cm³/mol. The number of aromatic nitrogens is 4. The molecule has 0 bridgehead atoms. The van der Waals surface area contributed by atoms with Gasteiger partial charge in [-0.2, -0.15) is 9.97 Å². The second-order valence-corrected chi connectivity index (χ2v) is 11.2. The van der Waals surface area contributed by atoms with Gasteiger partial charge >= 0.3 is 0 Å². The van der Waals surface area contributed by atoms with E-state index >= 15 is 0 Å². The van der Waals surface area contributed by atoms with E-state index in [1.165, 1.54) is 4.57 Å². The largest absolute Gasteiger partial charge is 0.276 e. The zero-order valence-corrected chi connectivity index (χ0v) is 23.6. The van der Waals surface area contributed by atoms with Crippen LogP contribution in [0, 0.1) is 0 Å². The van der Waals surface area contributed by atoms with Crippen molar-refractivity contribution in [3.8, 4) is 39.9 Å². The molecule has 0 unspecified atom stereocenters. The van der Waals surface area contributed by atoms with Gasteiger partial charge in [0.2, 0.25) is 5.95 Å². The Morgan fingerprint density at radius 3 is 1.98 bits per heavy atom. The molecule has 0 aliphatic carbocycles. The van der Waals surface area contributed by atoms with Crippen molar-refractivity contribution in [2.75, 3.05) is 0 Å². The van der Waals surface area contributed by atoms with E-state index in [4.69, 9.17) is 24.5 Å². The number of benzene rings is 6. The van der Waals surface area contributed by atoms with Crippen LogP contribution in [0.25, 0.3) is 81.8 Å². The summed E-state index contributed by atoms with van der Waals surface area (Å²) in [7, 11) is 0. The molecule has 0 saturated heterocycles. The minimum Gasteiger partial charge on any atom is -0.276 e. The van der Waals surface area contributed by atoms with Gasteiger partial charge in [0.15, 0.2) is 11.6 Å². The fourth-order valence-electron chi connectivity index (χ4n) is 5.54. The number of hydrogen-bond donors (Lipinski definition) is 0. The van der Waals surface area contributed by atoms with Crippen molar-refractivity contribution >= 4 is 53.3 Å². The molecule has 3 aromatic heterocycles. The van der Waals surface area contributed by atoms with Gasteiger partial charge in [0, 0.05) is 37.4 Å². The Morgan fingerprint density at radius 2 is 1.16 bits per heavy atom. The van der Waals surface area contributed by atoms with Gasteiger partial charge in [-0.05, 0) is 29.3 Å². The maximum Gasteiger partial charge on any atom is 0.238 e. The Kier molecular flexibility index (Phi) is 3.82. The predicted octanol–water partition coefficient (Wildman–Crippen LogP) is 10.3. The first-order valence-electron chi connectivity index (χ1n) is 18.8. The molecule has 0 atom stereocenters. The first-order valence-corrected chi connectivity index (χ1v) is 14.6. The van der Waals surface area contributed by atoms with Crippen LogP contribution in [0.3, 0.4) is 0 Å². The molecule has 0 aliphatic rings. The summed E-state index contributed by atoms with van der Waals surface area (Å²) in [6, 6.07) is 22.5. The first-order chi connectivity index (χ1) is 26.0. The highest BCUT2D eigenvalue weighted by molar-refractivity contribution is 7.26. The molecule has 0 fully saturated rings. The van der Waals surface area contributed by atoms with Gasteiger partial charge in [-0.1, -0.05) is 127 Å². The average Bonchev–Trinajstić information content (AvgIpc) is 3.78. The van der Waals surface area contributed by atoms with Crippen molar-refractivity contribution in [3.63, 3.8) is 0 Å². The summed E-state index contributed by atoms with van der Waals surface area (Å²) in [4.78, 5) is 14.7. The zero-order valence-electron chi connectivity index (χ0n) is 32.8. The van der Waals surface area contributed by atoms with Gasteiger partial charge in [-0.25, -0.2) is 4.98 Å². The van der Waals surface area contributed by atoms with E-state index in [-0.39, 0.29) is 83.7 Å². The monoisotopic (exact) mass is 590 g/mol. The average molecular weight is 591 g/mol. The maximum absolute atomic E-state index is 9.32. The SMILES string of the molecule is [2H]c1c([2H])c([2H])c2c(sc3c2c([2H])c([2H])c2c4c([2H])c([2H])c([2H])c([2H])c4n(-c4nc(-c5ccccc5)nc(-c5cccc(-c6ccccc6)c5)n4)c32)c1[2H]. The molecule has 44 heavy (non-hydrogen) atoms. The lowest BCUT2D eigenvalue weighted by molar-refractivity contribution is 0.955. The molecule has 0 saturated carbocycles. The van der Waals surface area contributed by atoms with E-state index in [9.17, 15) is 4.11 Å². The number of thiophene rings is 1. The number of hydrogen-bond acceptors (Lipinski definition) is 4. The summed E-state index contributed by atoms with van der Waals surface area (Å²) in [5.74, 6) is 0.513. The topological polar surface area (TPSA) is 43.6 Å². The van der Waals surface area contributed by atoms with E-state index in [1.54, 1.807) is 0 Å². The Hall–Kier alpha value is -5.65. The van der Waals surface area contributed by atoms with Crippen LogP contribution >= 0.6 is 11.3 Å². The van der Waals surface area contributed by atoms with Gasteiger partial charge < -0.3 is 0 Å². The van der Waals surface area contributed by atoms with Gasteiger partial charge in [-0.15, -0.1) is 11.3 Å². The van der Waals surface area contributed by atoms with E-state index in [0.717, 1.165) is 22.5 Å². The lowest BCUT2D eigenvalue weighted by Crippen LogP contribution is -2.06. The fraction of sp³-hybridized carbons (Fsp3) is 0. The molecular weight excluding hydrogens is 557 g/mol. The highest BCUT2D eigenvalue weighted by Gasteiger charge is 2.21. The van der Waals surface area contributed by atoms with Gasteiger partial charge in [0.1, 0.15) is 0 Å². The van der Waals surface area contributed by atoms with E-state index in [2.05, 4.69) is 0 Å². The van der Waals surface area contributed by atoms with Crippen molar-refractivity contribution in [1.82, 2.24) is 19.5 Å². The molecule has 206 valence electrons. The van der Waals surface area contributed by atoms with Gasteiger partial charge in [0.05, 0.1) is 29.4 Å². The molecule has 6 aromatic carbocycles. The van der Waals surface area contributed by atoms with Crippen molar-refractivity contribution in [2.45, 2.75) is 0 Å². The third-order valence-corrected chi connectivity index (χ3v) is 8.66. The minimum absolute atomic E-state index is 0.0114. The second-order valence-electron chi connectivity index (χ2n) is 10.1. The number of fused-ring (bicyclic) bond motifs is 7. The van der Waals surface area contributed by atoms with Crippen LogP contribution in [0.2, 0.25) is 0 Å². The summed E-state index contributed by atoms with van der Waals surface area (Å²) in [5, 5.41) is 0.219. The molecule has 0 spiro atoms. The molecular formula is C39H24N4S. The van der Waals surface area contributed by atoms with Crippen molar-refractivity contribution in [1.29, 1.82) is 0 Å². The van der Waals surface area contributed by atoms with E-state index in [1.807, 2.05) is 84.9 Å². The summed E-state index contributed by atoms with van der Waals surface area (Å²) < 4.78 is 90.2. The highest BCUT2D eigenvalue weighted by atomic mass is 32.1. The van der Waals surface area contributed by atoms with Crippen LogP contribution in [0.1, 0.15) is 13.7 Å². The Bertz CT molecular complexity index is 3060. The number of para-hydroxylation sites is 1. The van der Waals surface area contributed by atoms with Gasteiger partial charge in [-0.3, -0.25) is 4.57 Å². The Labute approximate surface area is 271 Å². The summed E-state index contributed by atoms with van der Waals surface area (Å²) in [6.07, 6.45) is 0. The maximum atomic E-state index is 9.32. The molecule has 0 N–H and O–H groups in total. The van der Waals surface area contributed by atoms with E-state index in [0.29, 0.717) is 11.1 Å². The van der Waals surface area contributed by atoms with Crippen LogP contribution in [0.5, 0.6) is 0 Å². The molecule has 3 heterocycles. The van der Waals surface area contributed by atoms with Crippen molar-refractivity contribution in [2.24, 2.45) is 0 Å². The molecule has 5 heteroatoms. The van der Waals surface area contributed by atoms with Crippen LogP contribution in [-0.4, -0.2) is 19.5 Å². The zero-order chi connectivity index (χ0) is 37.7. The molecule has 0 radical (unpaired) electrons. The van der Waals surface area contributed by atoms with Crippen molar-refractivity contribution in [3.05, 3.63) is 145 Å². The Balaban J connectivity index is 1.49. The van der Waals surface area contributed by atoms with Gasteiger partial charge in [0.25, 0.3) is 0 Å².